The van der Waals surface area contributed by atoms with Crippen LogP contribution in [-0.2, 0) is 27.7 Å². The summed E-state index contributed by atoms with van der Waals surface area (Å²) in [6.45, 7) is 3.72. The van der Waals surface area contributed by atoms with Gasteiger partial charge in [-0.25, -0.2) is 13.1 Å². The van der Waals surface area contributed by atoms with Crippen LogP contribution in [0, 0.1) is 0 Å². The Morgan fingerprint density at radius 1 is 1.16 bits per heavy atom. The van der Waals surface area contributed by atoms with Gasteiger partial charge in [0, 0.05) is 11.7 Å². The Morgan fingerprint density at radius 3 is 2.52 bits per heavy atom. The molecule has 1 atom stereocenters. The summed E-state index contributed by atoms with van der Waals surface area (Å²) in [6, 6.07) is 14.5. The second-order valence-electron chi connectivity index (χ2n) is 6.27. The largest absolute Gasteiger partial charge is 0.308 e. The lowest BCUT2D eigenvalue weighted by Gasteiger charge is -2.23. The van der Waals surface area contributed by atoms with Crippen molar-refractivity contribution >= 4 is 21.6 Å². The molecule has 1 heterocycles. The number of amides is 1. The van der Waals surface area contributed by atoms with E-state index < -0.39 is 10.0 Å². The minimum Gasteiger partial charge on any atom is -0.308 e. The molecule has 0 saturated heterocycles. The molecule has 0 saturated carbocycles. The molecule has 1 aliphatic heterocycles. The highest BCUT2D eigenvalue weighted by atomic mass is 32.2. The van der Waals surface area contributed by atoms with Crippen LogP contribution in [0.1, 0.15) is 25.0 Å². The molecule has 0 fully saturated rings. The highest BCUT2D eigenvalue weighted by Gasteiger charge is 2.31. The maximum absolute atomic E-state index is 12.6. The molecule has 2 aromatic carbocycles. The number of nitrogens with zero attached hydrogens (tertiary/aromatic N) is 1. The SMILES string of the molecule is CCc1ccc(S(=O)(=O)NCC(=O)N2c3ccccc3CC2C)cc1. The van der Waals surface area contributed by atoms with E-state index in [1.807, 2.05) is 38.1 Å². The summed E-state index contributed by atoms with van der Waals surface area (Å²) in [4.78, 5) is 14.4. The van der Waals surface area contributed by atoms with Crippen LogP contribution in [0.4, 0.5) is 5.69 Å². The van der Waals surface area contributed by atoms with E-state index in [0.717, 1.165) is 29.7 Å². The van der Waals surface area contributed by atoms with Gasteiger partial charge in [-0.1, -0.05) is 37.3 Å². The van der Waals surface area contributed by atoms with E-state index in [-0.39, 0.29) is 23.4 Å². The Balaban J connectivity index is 1.71. The van der Waals surface area contributed by atoms with Crippen LogP contribution in [0.3, 0.4) is 0 Å². The summed E-state index contributed by atoms with van der Waals surface area (Å²) >= 11 is 0. The van der Waals surface area contributed by atoms with Gasteiger partial charge in [-0.15, -0.1) is 0 Å². The Kier molecular flexibility index (Phi) is 4.92. The zero-order chi connectivity index (χ0) is 18.0. The normalized spacial score (nSPS) is 16.7. The standard InChI is InChI=1S/C19H22N2O3S/c1-3-15-8-10-17(11-9-15)25(23,24)20-13-19(22)21-14(2)12-16-6-4-5-7-18(16)21/h4-11,14,20H,3,12-13H2,1-2H3. The molecule has 0 radical (unpaired) electrons. The topological polar surface area (TPSA) is 66.5 Å². The number of carbonyl (C=O) groups excluding carboxylic acids is 1. The van der Waals surface area contributed by atoms with Gasteiger partial charge in [0.05, 0.1) is 11.4 Å². The van der Waals surface area contributed by atoms with Gasteiger partial charge in [-0.2, -0.15) is 0 Å². The van der Waals surface area contributed by atoms with Crippen molar-refractivity contribution in [1.29, 1.82) is 0 Å². The van der Waals surface area contributed by atoms with Crippen molar-refractivity contribution in [1.82, 2.24) is 4.72 Å². The fourth-order valence-corrected chi connectivity index (χ4v) is 4.15. The molecule has 132 valence electrons. The lowest BCUT2D eigenvalue weighted by Crippen LogP contribution is -2.43. The number of para-hydroxylation sites is 1. The Bertz CT molecular complexity index is 876. The molecule has 0 bridgehead atoms. The quantitative estimate of drug-likeness (QED) is 0.893. The lowest BCUT2D eigenvalue weighted by atomic mass is 10.1. The number of hydrogen-bond acceptors (Lipinski definition) is 3. The molecule has 5 nitrogen and oxygen atoms in total. The van der Waals surface area contributed by atoms with Crippen molar-refractivity contribution in [2.45, 2.75) is 37.6 Å². The molecule has 1 N–H and O–H groups in total. The molecule has 2 aromatic rings. The van der Waals surface area contributed by atoms with Crippen molar-refractivity contribution in [3.05, 3.63) is 59.7 Å². The van der Waals surface area contributed by atoms with Crippen LogP contribution in [0.25, 0.3) is 0 Å². The number of anilines is 1. The molecule has 1 amide bonds. The van der Waals surface area contributed by atoms with Gasteiger partial charge < -0.3 is 4.90 Å². The third kappa shape index (κ3) is 3.60. The number of aryl methyl sites for hydroxylation is 1. The Labute approximate surface area is 148 Å². The van der Waals surface area contributed by atoms with Gasteiger partial charge in [0.1, 0.15) is 0 Å². The first-order valence-electron chi connectivity index (χ1n) is 8.41. The highest BCUT2D eigenvalue weighted by molar-refractivity contribution is 7.89. The van der Waals surface area contributed by atoms with Crippen LogP contribution in [0.5, 0.6) is 0 Å². The smallest absolute Gasteiger partial charge is 0.242 e. The number of fused-ring (bicyclic) bond motifs is 1. The van der Waals surface area contributed by atoms with Crippen molar-refractivity contribution in [3.8, 4) is 0 Å². The van der Waals surface area contributed by atoms with Crippen LogP contribution in [-0.4, -0.2) is 26.9 Å². The second-order valence-corrected chi connectivity index (χ2v) is 8.03. The first kappa shape index (κ1) is 17.6. The zero-order valence-corrected chi connectivity index (χ0v) is 15.2. The average molecular weight is 358 g/mol. The lowest BCUT2D eigenvalue weighted by molar-refractivity contribution is -0.117. The number of benzene rings is 2. The van der Waals surface area contributed by atoms with Crippen molar-refractivity contribution in [3.63, 3.8) is 0 Å². The fraction of sp³-hybridized carbons (Fsp3) is 0.316. The summed E-state index contributed by atoms with van der Waals surface area (Å²) in [5.41, 5.74) is 3.05. The van der Waals surface area contributed by atoms with Crippen molar-refractivity contribution in [2.24, 2.45) is 0 Å². The maximum atomic E-state index is 12.6. The molecule has 3 rings (SSSR count). The number of hydrogen-bond donors (Lipinski definition) is 1. The minimum absolute atomic E-state index is 0.0261. The Hall–Kier alpha value is -2.18. The average Bonchev–Trinajstić information content (AvgIpc) is 2.95. The van der Waals surface area contributed by atoms with Gasteiger partial charge in [0.25, 0.3) is 0 Å². The minimum atomic E-state index is -3.70. The molecular formula is C19H22N2O3S. The first-order chi connectivity index (χ1) is 11.9. The predicted octanol–water partition coefficient (Wildman–Crippen LogP) is 2.51. The number of carbonyl (C=O) groups is 1. The van der Waals surface area contributed by atoms with Gasteiger partial charge in [-0.05, 0) is 49.1 Å². The second kappa shape index (κ2) is 6.98. The molecule has 6 heteroatoms. The van der Waals surface area contributed by atoms with Crippen LogP contribution >= 0.6 is 0 Å². The monoisotopic (exact) mass is 358 g/mol. The summed E-state index contributed by atoms with van der Waals surface area (Å²) in [6.07, 6.45) is 1.63. The third-order valence-corrected chi connectivity index (χ3v) is 5.95. The number of sulfonamides is 1. The van der Waals surface area contributed by atoms with Gasteiger partial charge in [0.2, 0.25) is 15.9 Å². The molecule has 1 aliphatic rings. The van der Waals surface area contributed by atoms with Crippen LogP contribution in [0.15, 0.2) is 53.4 Å². The van der Waals surface area contributed by atoms with Crippen LogP contribution in [0.2, 0.25) is 0 Å². The predicted molar refractivity (Wildman–Crippen MR) is 98.1 cm³/mol. The van der Waals surface area contributed by atoms with E-state index in [9.17, 15) is 13.2 Å². The van der Waals surface area contributed by atoms with Crippen molar-refractivity contribution < 1.29 is 13.2 Å². The summed E-state index contributed by atoms with van der Waals surface area (Å²) in [5, 5.41) is 0. The zero-order valence-electron chi connectivity index (χ0n) is 14.4. The third-order valence-electron chi connectivity index (χ3n) is 4.53. The highest BCUT2D eigenvalue weighted by Crippen LogP contribution is 2.31. The molecule has 1 unspecified atom stereocenters. The van der Waals surface area contributed by atoms with E-state index in [1.54, 1.807) is 29.2 Å². The molecule has 0 spiro atoms. The van der Waals surface area contributed by atoms with Gasteiger partial charge >= 0.3 is 0 Å². The summed E-state index contributed by atoms with van der Waals surface area (Å²) in [5.74, 6) is -0.244. The molecule has 25 heavy (non-hydrogen) atoms. The molecule has 0 aromatic heterocycles. The van der Waals surface area contributed by atoms with Gasteiger partial charge in [0.15, 0.2) is 0 Å². The van der Waals surface area contributed by atoms with E-state index in [0.29, 0.717) is 0 Å². The van der Waals surface area contributed by atoms with Crippen LogP contribution < -0.4 is 9.62 Å². The fourth-order valence-electron chi connectivity index (χ4n) is 3.18. The number of nitrogens with one attached hydrogen (secondary N) is 1. The molecule has 0 aliphatic carbocycles. The van der Waals surface area contributed by atoms with E-state index in [4.69, 9.17) is 0 Å². The molecular weight excluding hydrogens is 336 g/mol. The number of rotatable bonds is 5. The summed E-state index contributed by atoms with van der Waals surface area (Å²) in [7, 11) is -3.70. The van der Waals surface area contributed by atoms with Crippen molar-refractivity contribution in [2.75, 3.05) is 11.4 Å². The van der Waals surface area contributed by atoms with Gasteiger partial charge in [-0.3, -0.25) is 4.79 Å². The van der Waals surface area contributed by atoms with E-state index in [2.05, 4.69) is 4.72 Å². The summed E-state index contributed by atoms with van der Waals surface area (Å²) < 4.78 is 27.2. The maximum Gasteiger partial charge on any atom is 0.242 e. The van der Waals surface area contributed by atoms with E-state index >= 15 is 0 Å². The first-order valence-corrected chi connectivity index (χ1v) is 9.89. The van der Waals surface area contributed by atoms with E-state index in [1.165, 1.54) is 0 Å². The Morgan fingerprint density at radius 2 is 1.84 bits per heavy atom.